The SMILES string of the molecule is C=C(C)c1ccc(C[C@H](NC(=O)c2cc3ccc(O[C@H]4CC[C@H](C(C)(C)C)CC4)cc3c(CC3CCCC3)n2)C(=O)OC)s1. The van der Waals surface area contributed by atoms with E-state index in [1.165, 1.54) is 45.6 Å². The summed E-state index contributed by atoms with van der Waals surface area (Å²) in [4.78, 5) is 33.3. The maximum absolute atomic E-state index is 13.6. The number of pyridine rings is 1. The Labute approximate surface area is 266 Å². The van der Waals surface area contributed by atoms with Crippen LogP contribution < -0.4 is 10.1 Å². The van der Waals surface area contributed by atoms with Crippen molar-refractivity contribution in [2.45, 2.75) is 104 Å². The maximum atomic E-state index is 13.6. The average Bonchev–Trinajstić information content (AvgIpc) is 3.69. The molecule has 44 heavy (non-hydrogen) atoms. The fraction of sp³-hybridized carbons (Fsp3) is 0.541. The van der Waals surface area contributed by atoms with E-state index >= 15 is 0 Å². The molecule has 2 fully saturated rings. The van der Waals surface area contributed by atoms with Gasteiger partial charge in [0.05, 0.1) is 13.2 Å². The Bertz CT molecular complexity index is 1490. The van der Waals surface area contributed by atoms with E-state index in [1.54, 1.807) is 11.3 Å². The van der Waals surface area contributed by atoms with Gasteiger partial charge in [0.2, 0.25) is 0 Å². The lowest BCUT2D eigenvalue weighted by Gasteiger charge is -2.37. The summed E-state index contributed by atoms with van der Waals surface area (Å²) in [6, 6.07) is 11.2. The Hall–Kier alpha value is -3.19. The third kappa shape index (κ3) is 7.90. The molecule has 1 amide bonds. The van der Waals surface area contributed by atoms with Crippen LogP contribution in [0, 0.1) is 17.3 Å². The lowest BCUT2D eigenvalue weighted by Crippen LogP contribution is -2.43. The fourth-order valence-corrected chi connectivity index (χ4v) is 7.83. The van der Waals surface area contributed by atoms with Crippen LogP contribution in [0.25, 0.3) is 16.3 Å². The number of nitrogens with one attached hydrogen (secondary N) is 1. The number of nitrogens with zero attached hydrogens (tertiary/aromatic N) is 1. The molecule has 0 bridgehead atoms. The van der Waals surface area contributed by atoms with Gasteiger partial charge in [0, 0.05) is 27.3 Å². The molecule has 2 aliphatic rings. The summed E-state index contributed by atoms with van der Waals surface area (Å²) in [5.41, 5.74) is 2.56. The predicted molar refractivity (Wildman–Crippen MR) is 179 cm³/mol. The summed E-state index contributed by atoms with van der Waals surface area (Å²) in [5.74, 6) is 1.32. The lowest BCUT2D eigenvalue weighted by atomic mass is 9.72. The molecule has 2 saturated carbocycles. The van der Waals surface area contributed by atoms with Gasteiger partial charge in [-0.05, 0) is 97.6 Å². The second kappa shape index (κ2) is 13.8. The average molecular weight is 617 g/mol. The van der Waals surface area contributed by atoms with Crippen molar-refractivity contribution < 1.29 is 19.1 Å². The van der Waals surface area contributed by atoms with Crippen LogP contribution in [0.3, 0.4) is 0 Å². The lowest BCUT2D eigenvalue weighted by molar-refractivity contribution is -0.142. The molecule has 1 atom stereocenters. The highest BCUT2D eigenvalue weighted by Crippen LogP contribution is 2.39. The number of amides is 1. The topological polar surface area (TPSA) is 77.5 Å². The maximum Gasteiger partial charge on any atom is 0.328 e. The van der Waals surface area contributed by atoms with Crippen LogP contribution in [0.4, 0.5) is 0 Å². The summed E-state index contributed by atoms with van der Waals surface area (Å²) in [6.45, 7) is 13.0. The Kier molecular flexibility index (Phi) is 10.1. The Morgan fingerprint density at radius 1 is 1.05 bits per heavy atom. The number of benzene rings is 1. The number of hydrogen-bond acceptors (Lipinski definition) is 6. The van der Waals surface area contributed by atoms with Crippen molar-refractivity contribution in [1.29, 1.82) is 0 Å². The molecule has 0 unspecified atom stereocenters. The Morgan fingerprint density at radius 3 is 2.41 bits per heavy atom. The highest BCUT2D eigenvalue weighted by Gasteiger charge is 2.31. The van der Waals surface area contributed by atoms with Gasteiger partial charge in [-0.3, -0.25) is 4.79 Å². The van der Waals surface area contributed by atoms with E-state index in [-0.39, 0.29) is 12.0 Å². The summed E-state index contributed by atoms with van der Waals surface area (Å²) >= 11 is 1.57. The first kappa shape index (κ1) is 32.2. The van der Waals surface area contributed by atoms with Gasteiger partial charge in [0.15, 0.2) is 0 Å². The normalized spacial score (nSPS) is 19.9. The van der Waals surface area contributed by atoms with Crippen molar-refractivity contribution in [2.75, 3.05) is 7.11 Å². The number of aromatic nitrogens is 1. The predicted octanol–water partition coefficient (Wildman–Crippen LogP) is 8.56. The molecule has 1 N–H and O–H groups in total. The first-order valence-corrected chi connectivity index (χ1v) is 17.1. The Balaban J connectivity index is 1.37. The van der Waals surface area contributed by atoms with Gasteiger partial charge in [0.25, 0.3) is 5.91 Å². The zero-order chi connectivity index (χ0) is 31.4. The van der Waals surface area contributed by atoms with Crippen molar-refractivity contribution in [3.05, 3.63) is 64.1 Å². The third-order valence-electron chi connectivity index (χ3n) is 9.55. The number of allylic oxidation sites excluding steroid dienone is 1. The van der Waals surface area contributed by atoms with Gasteiger partial charge in [-0.2, -0.15) is 0 Å². The summed E-state index contributed by atoms with van der Waals surface area (Å²) in [6.07, 6.45) is 10.8. The van der Waals surface area contributed by atoms with E-state index in [0.717, 1.165) is 62.7 Å². The molecule has 6 nitrogen and oxygen atoms in total. The second-order valence-electron chi connectivity index (χ2n) is 13.9. The molecule has 0 saturated heterocycles. The highest BCUT2D eigenvalue weighted by molar-refractivity contribution is 7.13. The zero-order valence-electron chi connectivity index (χ0n) is 27.0. The van der Waals surface area contributed by atoms with E-state index < -0.39 is 12.0 Å². The van der Waals surface area contributed by atoms with Gasteiger partial charge in [-0.1, -0.05) is 59.1 Å². The fourth-order valence-electron chi connectivity index (χ4n) is 6.85. The van der Waals surface area contributed by atoms with Crippen LogP contribution in [-0.4, -0.2) is 36.1 Å². The minimum absolute atomic E-state index is 0.229. The molecule has 0 aliphatic heterocycles. The van der Waals surface area contributed by atoms with Crippen LogP contribution in [0.5, 0.6) is 5.75 Å². The number of ether oxygens (including phenoxy) is 2. The van der Waals surface area contributed by atoms with Gasteiger partial charge in [-0.15, -0.1) is 11.3 Å². The molecular formula is C37H48N2O4S. The van der Waals surface area contributed by atoms with Gasteiger partial charge >= 0.3 is 5.97 Å². The highest BCUT2D eigenvalue weighted by atomic mass is 32.1. The monoisotopic (exact) mass is 616 g/mol. The van der Waals surface area contributed by atoms with E-state index in [9.17, 15) is 9.59 Å². The smallest absolute Gasteiger partial charge is 0.328 e. The molecule has 236 valence electrons. The van der Waals surface area contributed by atoms with Crippen molar-refractivity contribution in [2.24, 2.45) is 17.3 Å². The number of rotatable bonds is 10. The summed E-state index contributed by atoms with van der Waals surface area (Å²) < 4.78 is 11.6. The number of carbonyl (C=O) groups is 2. The van der Waals surface area contributed by atoms with Crippen LogP contribution >= 0.6 is 11.3 Å². The molecular weight excluding hydrogens is 568 g/mol. The third-order valence-corrected chi connectivity index (χ3v) is 10.8. The number of carbonyl (C=O) groups excluding carboxylic acids is 2. The van der Waals surface area contributed by atoms with Crippen LogP contribution in [0.15, 0.2) is 43.0 Å². The van der Waals surface area contributed by atoms with Crippen molar-refractivity contribution >= 4 is 39.6 Å². The van der Waals surface area contributed by atoms with Crippen LogP contribution in [-0.2, 0) is 22.4 Å². The van der Waals surface area contributed by atoms with Gasteiger partial charge in [-0.25, -0.2) is 9.78 Å². The quantitative estimate of drug-likeness (QED) is 0.231. The molecule has 0 spiro atoms. The molecule has 5 rings (SSSR count). The van der Waals surface area contributed by atoms with Crippen molar-refractivity contribution in [3.8, 4) is 5.75 Å². The van der Waals surface area contributed by atoms with Crippen molar-refractivity contribution in [3.63, 3.8) is 0 Å². The molecule has 2 aromatic heterocycles. The number of hydrogen-bond donors (Lipinski definition) is 1. The Morgan fingerprint density at radius 2 is 1.77 bits per heavy atom. The first-order chi connectivity index (χ1) is 21.0. The standard InChI is InChI=1S/C37H48N2O4S/c1-23(2)34-18-17-29(44-34)22-33(36(41)42-6)39-35(40)32-20-25-11-14-28(43-27-15-12-26(13-16-27)37(3,4)5)21-30(25)31(38-32)19-24-9-7-8-10-24/h11,14,17-18,20-21,24,26-27,33H,1,7-10,12-13,15-16,19,22H2,2-6H3,(H,39,40)/t26-,27-,33-/m0/s1. The molecule has 7 heteroatoms. The number of fused-ring (bicyclic) bond motifs is 1. The molecule has 1 aromatic carbocycles. The van der Waals surface area contributed by atoms with Crippen molar-refractivity contribution in [1.82, 2.24) is 10.3 Å². The number of thiophene rings is 1. The largest absolute Gasteiger partial charge is 0.490 e. The zero-order valence-corrected chi connectivity index (χ0v) is 27.9. The van der Waals surface area contributed by atoms with E-state index in [4.69, 9.17) is 14.5 Å². The van der Waals surface area contributed by atoms with Gasteiger partial charge in [0.1, 0.15) is 17.5 Å². The van der Waals surface area contributed by atoms with E-state index in [1.807, 2.05) is 37.3 Å². The minimum Gasteiger partial charge on any atom is -0.490 e. The summed E-state index contributed by atoms with van der Waals surface area (Å²) in [7, 11) is 1.35. The first-order valence-electron chi connectivity index (χ1n) is 16.2. The molecule has 0 radical (unpaired) electrons. The number of methoxy groups -OCH3 is 1. The van der Waals surface area contributed by atoms with Crippen LogP contribution in [0.1, 0.15) is 105 Å². The molecule has 2 heterocycles. The second-order valence-corrected chi connectivity index (χ2v) is 15.1. The molecule has 3 aromatic rings. The van der Waals surface area contributed by atoms with E-state index in [2.05, 4.69) is 38.7 Å². The molecule has 2 aliphatic carbocycles. The van der Waals surface area contributed by atoms with Crippen LogP contribution in [0.2, 0.25) is 0 Å². The minimum atomic E-state index is -0.816. The van der Waals surface area contributed by atoms with Gasteiger partial charge < -0.3 is 14.8 Å². The summed E-state index contributed by atoms with van der Waals surface area (Å²) in [5, 5.41) is 4.92. The number of esters is 1. The van der Waals surface area contributed by atoms with E-state index in [0.29, 0.717) is 23.4 Å².